The average molecular weight is 343 g/mol. The van der Waals surface area contributed by atoms with Gasteiger partial charge in [-0.25, -0.2) is 0 Å². The van der Waals surface area contributed by atoms with Crippen LogP contribution in [0.3, 0.4) is 0 Å². The highest BCUT2D eigenvalue weighted by Gasteiger charge is 2.20. The van der Waals surface area contributed by atoms with E-state index in [-0.39, 0.29) is 5.78 Å². The monoisotopic (exact) mass is 342 g/mol. The van der Waals surface area contributed by atoms with Crippen LogP contribution in [0.4, 0.5) is 5.69 Å². The Balaban J connectivity index is 1.58. The van der Waals surface area contributed by atoms with Gasteiger partial charge < -0.3 is 4.90 Å². The molecule has 2 aromatic rings. The molecule has 0 saturated carbocycles. The first-order chi connectivity index (χ1) is 11.5. The quantitative estimate of drug-likeness (QED) is 0.786. The molecule has 0 atom stereocenters. The van der Waals surface area contributed by atoms with E-state index in [9.17, 15) is 4.79 Å². The minimum atomic E-state index is 0.159. The number of carbonyl (C=O) groups excluding carboxylic acids is 1. The van der Waals surface area contributed by atoms with E-state index in [2.05, 4.69) is 41.8 Å². The van der Waals surface area contributed by atoms with Gasteiger partial charge in [0.15, 0.2) is 5.78 Å². The first-order valence-electron chi connectivity index (χ1n) is 8.37. The summed E-state index contributed by atoms with van der Waals surface area (Å²) in [7, 11) is 0. The van der Waals surface area contributed by atoms with Crippen LogP contribution in [0.15, 0.2) is 42.5 Å². The van der Waals surface area contributed by atoms with Crippen molar-refractivity contribution in [1.82, 2.24) is 4.90 Å². The molecule has 126 valence electrons. The number of piperazine rings is 1. The van der Waals surface area contributed by atoms with Crippen molar-refractivity contribution in [3.63, 3.8) is 0 Å². The maximum Gasteiger partial charge on any atom is 0.176 e. The smallest absolute Gasteiger partial charge is 0.176 e. The van der Waals surface area contributed by atoms with E-state index in [4.69, 9.17) is 11.6 Å². The number of anilines is 1. The molecule has 3 rings (SSSR count). The third-order valence-corrected chi connectivity index (χ3v) is 5.07. The number of hydrogen-bond donors (Lipinski definition) is 0. The summed E-state index contributed by atoms with van der Waals surface area (Å²) in [6.45, 7) is 8.54. The summed E-state index contributed by atoms with van der Waals surface area (Å²) in [5.74, 6) is 0.159. The summed E-state index contributed by atoms with van der Waals surface area (Å²) in [5, 5.41) is 0.661. The van der Waals surface area contributed by atoms with E-state index in [1.54, 1.807) is 24.3 Å². The van der Waals surface area contributed by atoms with Gasteiger partial charge in [-0.1, -0.05) is 23.7 Å². The molecule has 1 fully saturated rings. The summed E-state index contributed by atoms with van der Waals surface area (Å²) in [4.78, 5) is 17.0. The van der Waals surface area contributed by atoms with Crippen LogP contribution in [-0.2, 0) is 0 Å². The van der Waals surface area contributed by atoms with E-state index in [1.165, 1.54) is 16.8 Å². The second-order valence-corrected chi connectivity index (χ2v) is 6.85. The Bertz CT molecular complexity index is 719. The van der Waals surface area contributed by atoms with Gasteiger partial charge in [-0.2, -0.15) is 0 Å². The van der Waals surface area contributed by atoms with Gasteiger partial charge in [0.1, 0.15) is 0 Å². The molecule has 24 heavy (non-hydrogen) atoms. The zero-order valence-corrected chi connectivity index (χ0v) is 15.0. The standard InChI is InChI=1S/C20H23ClN2O/c1-15-4-3-5-19(16(15)2)23-12-10-22(11-13-23)14-20(24)17-6-8-18(21)9-7-17/h3-9H,10-14H2,1-2H3. The van der Waals surface area contributed by atoms with Crippen molar-refractivity contribution in [1.29, 1.82) is 0 Å². The molecule has 0 amide bonds. The number of Topliss-reactive ketones (excluding diaryl/α,β-unsaturated/α-hetero) is 1. The molecule has 0 spiro atoms. The molecule has 0 unspecified atom stereocenters. The Morgan fingerprint density at radius 3 is 2.33 bits per heavy atom. The molecule has 0 bridgehead atoms. The highest BCUT2D eigenvalue weighted by molar-refractivity contribution is 6.30. The van der Waals surface area contributed by atoms with Crippen LogP contribution in [0.2, 0.25) is 5.02 Å². The number of hydrogen-bond acceptors (Lipinski definition) is 3. The van der Waals surface area contributed by atoms with Gasteiger partial charge in [0.05, 0.1) is 6.54 Å². The number of rotatable bonds is 4. The van der Waals surface area contributed by atoms with Crippen LogP contribution < -0.4 is 4.90 Å². The van der Waals surface area contributed by atoms with Crippen LogP contribution in [0.5, 0.6) is 0 Å². The highest BCUT2D eigenvalue weighted by Crippen LogP contribution is 2.24. The Kier molecular flexibility index (Phi) is 5.22. The Morgan fingerprint density at radius 2 is 1.67 bits per heavy atom. The number of nitrogens with zero attached hydrogens (tertiary/aromatic N) is 2. The van der Waals surface area contributed by atoms with Crippen molar-refractivity contribution in [2.45, 2.75) is 13.8 Å². The lowest BCUT2D eigenvalue weighted by Gasteiger charge is -2.36. The normalized spacial score (nSPS) is 15.5. The molecule has 1 aliphatic rings. The zero-order valence-electron chi connectivity index (χ0n) is 14.3. The fourth-order valence-corrected chi connectivity index (χ4v) is 3.28. The predicted octanol–water partition coefficient (Wildman–Crippen LogP) is 3.96. The van der Waals surface area contributed by atoms with E-state index in [1.807, 2.05) is 0 Å². The van der Waals surface area contributed by atoms with Gasteiger partial charge >= 0.3 is 0 Å². The van der Waals surface area contributed by atoms with Crippen molar-refractivity contribution in [2.24, 2.45) is 0 Å². The summed E-state index contributed by atoms with van der Waals surface area (Å²) >= 11 is 5.88. The second kappa shape index (κ2) is 7.37. The summed E-state index contributed by atoms with van der Waals surface area (Å²) in [5.41, 5.74) is 4.73. The van der Waals surface area contributed by atoms with Crippen LogP contribution in [-0.4, -0.2) is 43.4 Å². The molecular weight excluding hydrogens is 320 g/mol. The first-order valence-corrected chi connectivity index (χ1v) is 8.74. The lowest BCUT2D eigenvalue weighted by atomic mass is 10.1. The molecule has 1 heterocycles. The van der Waals surface area contributed by atoms with E-state index < -0.39 is 0 Å². The molecule has 1 aliphatic heterocycles. The number of halogens is 1. The van der Waals surface area contributed by atoms with Crippen molar-refractivity contribution >= 4 is 23.1 Å². The number of carbonyl (C=O) groups is 1. The van der Waals surface area contributed by atoms with Crippen molar-refractivity contribution in [3.8, 4) is 0 Å². The third-order valence-electron chi connectivity index (χ3n) is 4.82. The fourth-order valence-electron chi connectivity index (χ4n) is 3.16. The Morgan fingerprint density at radius 1 is 1.00 bits per heavy atom. The molecule has 2 aromatic carbocycles. The molecule has 0 N–H and O–H groups in total. The molecule has 4 heteroatoms. The van der Waals surface area contributed by atoms with E-state index in [0.717, 1.165) is 31.7 Å². The largest absolute Gasteiger partial charge is 0.369 e. The minimum Gasteiger partial charge on any atom is -0.369 e. The lowest BCUT2D eigenvalue weighted by Crippen LogP contribution is -2.48. The van der Waals surface area contributed by atoms with Gasteiger partial charge in [0, 0.05) is 42.5 Å². The number of aryl methyl sites for hydroxylation is 1. The zero-order chi connectivity index (χ0) is 17.1. The van der Waals surface area contributed by atoms with Crippen LogP contribution in [0.25, 0.3) is 0 Å². The average Bonchev–Trinajstić information content (AvgIpc) is 2.59. The van der Waals surface area contributed by atoms with Crippen molar-refractivity contribution in [2.75, 3.05) is 37.6 Å². The summed E-state index contributed by atoms with van der Waals surface area (Å²) < 4.78 is 0. The van der Waals surface area contributed by atoms with Gasteiger partial charge in [0.25, 0.3) is 0 Å². The van der Waals surface area contributed by atoms with Crippen LogP contribution >= 0.6 is 11.6 Å². The third kappa shape index (κ3) is 3.80. The van der Waals surface area contributed by atoms with Crippen molar-refractivity contribution in [3.05, 3.63) is 64.2 Å². The van der Waals surface area contributed by atoms with Gasteiger partial charge in [-0.05, 0) is 55.3 Å². The summed E-state index contributed by atoms with van der Waals surface area (Å²) in [6, 6.07) is 13.6. The van der Waals surface area contributed by atoms with Crippen LogP contribution in [0.1, 0.15) is 21.5 Å². The Labute approximate surface area is 148 Å². The Hall–Kier alpha value is -1.84. The van der Waals surface area contributed by atoms with Crippen molar-refractivity contribution < 1.29 is 4.79 Å². The topological polar surface area (TPSA) is 23.6 Å². The molecule has 1 saturated heterocycles. The molecule has 3 nitrogen and oxygen atoms in total. The molecule has 0 aliphatic carbocycles. The second-order valence-electron chi connectivity index (χ2n) is 6.41. The highest BCUT2D eigenvalue weighted by atomic mass is 35.5. The van der Waals surface area contributed by atoms with Gasteiger partial charge in [-0.15, -0.1) is 0 Å². The molecule has 0 aromatic heterocycles. The predicted molar refractivity (Wildman–Crippen MR) is 100 cm³/mol. The van der Waals surface area contributed by atoms with Gasteiger partial charge in [0.2, 0.25) is 0 Å². The fraction of sp³-hybridized carbons (Fsp3) is 0.350. The maximum absolute atomic E-state index is 12.4. The van der Waals surface area contributed by atoms with E-state index >= 15 is 0 Å². The van der Waals surface area contributed by atoms with Crippen LogP contribution in [0, 0.1) is 13.8 Å². The maximum atomic E-state index is 12.4. The minimum absolute atomic E-state index is 0.159. The SMILES string of the molecule is Cc1cccc(N2CCN(CC(=O)c3ccc(Cl)cc3)CC2)c1C. The van der Waals surface area contributed by atoms with Gasteiger partial charge in [-0.3, -0.25) is 9.69 Å². The van der Waals surface area contributed by atoms with E-state index in [0.29, 0.717) is 11.6 Å². The summed E-state index contributed by atoms with van der Waals surface area (Å²) in [6.07, 6.45) is 0. The molecule has 0 radical (unpaired) electrons. The first kappa shape index (κ1) is 17.0. The lowest BCUT2D eigenvalue weighted by molar-refractivity contribution is 0.0926. The molecular formula is C20H23ClN2O. The number of ketones is 1. The number of benzene rings is 2.